The molecule has 3 nitrogen and oxygen atoms in total. The number of rotatable bonds is 0. The Labute approximate surface area is 66.5 Å². The van der Waals surface area contributed by atoms with Crippen molar-refractivity contribution in [3.63, 3.8) is 0 Å². The molecule has 0 spiro atoms. The smallest absolute Gasteiger partial charge is 0.265 e. The zero-order valence-corrected chi connectivity index (χ0v) is 7.37. The summed E-state index contributed by atoms with van der Waals surface area (Å²) in [5.74, 6) is 0. The van der Waals surface area contributed by atoms with E-state index in [0.29, 0.717) is 0 Å². The van der Waals surface area contributed by atoms with Crippen molar-refractivity contribution >= 4 is 6.34 Å². The van der Waals surface area contributed by atoms with Gasteiger partial charge < -0.3 is 4.90 Å². The summed E-state index contributed by atoms with van der Waals surface area (Å²) in [4.78, 5) is 1.58. The standard InChI is InChI=1S/C7H14FN3/c1-7(2,3)11-5-9-10(4)6(11)8/h5-6H,1-4H3. The molecule has 4 heteroatoms. The molecule has 0 amide bonds. The van der Waals surface area contributed by atoms with E-state index in [1.54, 1.807) is 11.9 Å². The predicted octanol–water partition coefficient (Wildman–Crippen LogP) is 1.23. The van der Waals surface area contributed by atoms with Crippen LogP contribution in [0.15, 0.2) is 5.10 Å². The Kier molecular flexibility index (Phi) is 1.78. The van der Waals surface area contributed by atoms with Gasteiger partial charge in [0, 0.05) is 12.6 Å². The van der Waals surface area contributed by atoms with Crippen LogP contribution >= 0.6 is 0 Å². The molecule has 11 heavy (non-hydrogen) atoms. The third-order valence-electron chi connectivity index (χ3n) is 1.67. The van der Waals surface area contributed by atoms with E-state index in [1.807, 2.05) is 20.8 Å². The summed E-state index contributed by atoms with van der Waals surface area (Å²) in [5, 5.41) is 5.12. The molecule has 0 N–H and O–H groups in total. The van der Waals surface area contributed by atoms with Crippen molar-refractivity contribution in [3.05, 3.63) is 0 Å². The summed E-state index contributed by atoms with van der Waals surface area (Å²) in [6.07, 6.45) is 0.417. The van der Waals surface area contributed by atoms with Crippen molar-refractivity contribution < 1.29 is 4.39 Å². The Morgan fingerprint density at radius 3 is 2.18 bits per heavy atom. The normalized spacial score (nSPS) is 25.0. The van der Waals surface area contributed by atoms with Gasteiger partial charge in [-0.2, -0.15) is 9.49 Å². The van der Waals surface area contributed by atoms with Crippen LogP contribution in [0.4, 0.5) is 4.39 Å². The topological polar surface area (TPSA) is 18.8 Å². The lowest BCUT2D eigenvalue weighted by Crippen LogP contribution is -2.46. The molecule has 0 bridgehead atoms. The summed E-state index contributed by atoms with van der Waals surface area (Å²) in [5.41, 5.74) is -0.201. The Balaban J connectivity index is 2.70. The molecule has 64 valence electrons. The van der Waals surface area contributed by atoms with Crippen LogP contribution < -0.4 is 0 Å². The fourth-order valence-corrected chi connectivity index (χ4v) is 0.920. The second-order valence-electron chi connectivity index (χ2n) is 3.69. The molecular formula is C7H14FN3. The average molecular weight is 159 g/mol. The molecule has 1 rings (SSSR count). The second kappa shape index (κ2) is 2.36. The highest BCUT2D eigenvalue weighted by Crippen LogP contribution is 2.21. The molecular weight excluding hydrogens is 145 g/mol. The third kappa shape index (κ3) is 1.44. The molecule has 1 atom stereocenters. The highest BCUT2D eigenvalue weighted by atomic mass is 19.1. The minimum atomic E-state index is -1.12. The lowest BCUT2D eigenvalue weighted by Gasteiger charge is -2.33. The summed E-state index contributed by atoms with van der Waals surface area (Å²) in [7, 11) is 1.62. The van der Waals surface area contributed by atoms with Crippen LogP contribution in [-0.2, 0) is 0 Å². The number of hydrogen-bond donors (Lipinski definition) is 0. The van der Waals surface area contributed by atoms with Gasteiger partial charge in [0.25, 0.3) is 6.42 Å². The number of hydrogen-bond acceptors (Lipinski definition) is 3. The molecule has 0 radical (unpaired) electrons. The van der Waals surface area contributed by atoms with Crippen LogP contribution in [0.25, 0.3) is 0 Å². The lowest BCUT2D eigenvalue weighted by molar-refractivity contribution is -0.00738. The van der Waals surface area contributed by atoms with E-state index in [4.69, 9.17) is 0 Å². The van der Waals surface area contributed by atoms with Crippen LogP contribution in [0.3, 0.4) is 0 Å². The number of hydrazone groups is 1. The van der Waals surface area contributed by atoms with Gasteiger partial charge in [-0.15, -0.1) is 0 Å². The summed E-state index contributed by atoms with van der Waals surface area (Å²) in [6.45, 7) is 5.85. The minimum Gasteiger partial charge on any atom is -0.308 e. The number of halogens is 1. The first-order valence-corrected chi connectivity index (χ1v) is 3.62. The fourth-order valence-electron chi connectivity index (χ4n) is 0.920. The van der Waals surface area contributed by atoms with E-state index in [1.165, 1.54) is 11.3 Å². The summed E-state index contributed by atoms with van der Waals surface area (Å²) >= 11 is 0. The molecule has 0 fully saturated rings. The van der Waals surface area contributed by atoms with Gasteiger partial charge in [0.15, 0.2) is 0 Å². The molecule has 0 aromatic rings. The van der Waals surface area contributed by atoms with Gasteiger partial charge in [-0.25, -0.2) is 5.01 Å². The van der Waals surface area contributed by atoms with Gasteiger partial charge in [0.2, 0.25) is 0 Å². The lowest BCUT2D eigenvalue weighted by atomic mass is 10.1. The highest BCUT2D eigenvalue weighted by molar-refractivity contribution is 5.57. The van der Waals surface area contributed by atoms with Crippen molar-refractivity contribution in [1.82, 2.24) is 9.91 Å². The van der Waals surface area contributed by atoms with Gasteiger partial charge in [-0.1, -0.05) is 0 Å². The SMILES string of the molecule is CN1N=CN(C(C)(C)C)C1F. The van der Waals surface area contributed by atoms with E-state index < -0.39 is 6.42 Å². The number of nitrogens with zero attached hydrogens (tertiary/aromatic N) is 3. The first kappa shape index (κ1) is 8.30. The predicted molar refractivity (Wildman–Crippen MR) is 42.7 cm³/mol. The van der Waals surface area contributed by atoms with E-state index in [-0.39, 0.29) is 5.54 Å². The van der Waals surface area contributed by atoms with Crippen LogP contribution in [-0.4, -0.2) is 35.3 Å². The Bertz CT molecular complexity index is 173. The van der Waals surface area contributed by atoms with Crippen LogP contribution in [0.2, 0.25) is 0 Å². The van der Waals surface area contributed by atoms with Gasteiger partial charge in [0.1, 0.15) is 6.34 Å². The van der Waals surface area contributed by atoms with Crippen molar-refractivity contribution in [2.75, 3.05) is 7.05 Å². The molecule has 0 aliphatic carbocycles. The number of alkyl halides is 1. The van der Waals surface area contributed by atoms with Crippen LogP contribution in [0, 0.1) is 0 Å². The maximum Gasteiger partial charge on any atom is 0.265 e. The van der Waals surface area contributed by atoms with Crippen molar-refractivity contribution in [2.24, 2.45) is 5.10 Å². The summed E-state index contributed by atoms with van der Waals surface area (Å²) in [6, 6.07) is 0. The van der Waals surface area contributed by atoms with Gasteiger partial charge >= 0.3 is 0 Å². The molecule has 1 unspecified atom stereocenters. The largest absolute Gasteiger partial charge is 0.308 e. The Hall–Kier alpha value is -0.800. The van der Waals surface area contributed by atoms with Crippen molar-refractivity contribution in [3.8, 4) is 0 Å². The molecule has 0 saturated heterocycles. The maximum atomic E-state index is 13.2. The van der Waals surface area contributed by atoms with Gasteiger partial charge in [-0.3, -0.25) is 0 Å². The fraction of sp³-hybridized carbons (Fsp3) is 0.857. The van der Waals surface area contributed by atoms with E-state index >= 15 is 0 Å². The zero-order chi connectivity index (χ0) is 8.65. The molecule has 1 aliphatic heterocycles. The van der Waals surface area contributed by atoms with Gasteiger partial charge in [0.05, 0.1) is 0 Å². The third-order valence-corrected chi connectivity index (χ3v) is 1.67. The molecule has 1 aliphatic rings. The zero-order valence-electron chi connectivity index (χ0n) is 7.37. The Morgan fingerprint density at radius 1 is 1.45 bits per heavy atom. The molecule has 0 saturated carbocycles. The van der Waals surface area contributed by atoms with E-state index in [0.717, 1.165) is 0 Å². The van der Waals surface area contributed by atoms with E-state index in [9.17, 15) is 4.39 Å². The van der Waals surface area contributed by atoms with Gasteiger partial charge in [-0.05, 0) is 20.8 Å². The summed E-state index contributed by atoms with van der Waals surface area (Å²) < 4.78 is 13.2. The Morgan fingerprint density at radius 2 is 2.00 bits per heavy atom. The quantitative estimate of drug-likeness (QED) is 0.495. The maximum absolute atomic E-state index is 13.2. The van der Waals surface area contributed by atoms with Crippen molar-refractivity contribution in [2.45, 2.75) is 32.7 Å². The average Bonchev–Trinajstić information content (AvgIpc) is 2.11. The first-order valence-electron chi connectivity index (χ1n) is 3.62. The minimum absolute atomic E-state index is 0.201. The molecule has 1 heterocycles. The van der Waals surface area contributed by atoms with E-state index in [2.05, 4.69) is 5.10 Å². The van der Waals surface area contributed by atoms with Crippen LogP contribution in [0.1, 0.15) is 20.8 Å². The first-order chi connectivity index (χ1) is 4.93. The van der Waals surface area contributed by atoms with Crippen LogP contribution in [0.5, 0.6) is 0 Å². The highest BCUT2D eigenvalue weighted by Gasteiger charge is 2.32. The monoisotopic (exact) mass is 159 g/mol. The van der Waals surface area contributed by atoms with Crippen molar-refractivity contribution in [1.29, 1.82) is 0 Å². The molecule has 0 aromatic carbocycles. The molecule has 0 aromatic heterocycles. The second-order valence-corrected chi connectivity index (χ2v) is 3.69.